The van der Waals surface area contributed by atoms with Gasteiger partial charge in [0.25, 0.3) is 0 Å². The largest absolute Gasteiger partial charge is 0.298 e. The van der Waals surface area contributed by atoms with Crippen molar-refractivity contribution in [2.75, 3.05) is 12.7 Å². The second kappa shape index (κ2) is 7.86. The zero-order valence-corrected chi connectivity index (χ0v) is 12.3. The third kappa shape index (κ3) is 4.29. The molecule has 0 aliphatic heterocycles. The number of benzene rings is 2. The first-order valence-electron chi connectivity index (χ1n) is 6.74. The minimum Gasteiger partial charge on any atom is -0.298 e. The molecule has 0 aromatic heterocycles. The molecule has 0 spiro atoms. The summed E-state index contributed by atoms with van der Waals surface area (Å²) in [5, 5.41) is 2.92. The summed E-state index contributed by atoms with van der Waals surface area (Å²) in [4.78, 5) is 4.32. The van der Waals surface area contributed by atoms with E-state index < -0.39 is 0 Å². The highest BCUT2D eigenvalue weighted by atomic mass is 31.1. The van der Waals surface area contributed by atoms with E-state index in [0.717, 1.165) is 13.0 Å². The van der Waals surface area contributed by atoms with E-state index in [9.17, 15) is 0 Å². The van der Waals surface area contributed by atoms with E-state index in [0.29, 0.717) is 0 Å². The van der Waals surface area contributed by atoms with E-state index >= 15 is 0 Å². The van der Waals surface area contributed by atoms with Gasteiger partial charge in [-0.3, -0.25) is 4.99 Å². The summed E-state index contributed by atoms with van der Waals surface area (Å²) in [6.45, 7) is 2.92. The van der Waals surface area contributed by atoms with Crippen LogP contribution < -0.4 is 10.6 Å². The van der Waals surface area contributed by atoms with Crippen molar-refractivity contribution in [3.8, 4) is 0 Å². The van der Waals surface area contributed by atoms with Crippen LogP contribution in [-0.2, 0) is 0 Å². The van der Waals surface area contributed by atoms with Crippen LogP contribution in [0.25, 0.3) is 0 Å². The fraction of sp³-hybridized carbons (Fsp3) is 0.235. The summed E-state index contributed by atoms with van der Waals surface area (Å²) in [6.07, 6.45) is 4.26. The quantitative estimate of drug-likeness (QED) is 0.431. The van der Waals surface area contributed by atoms with E-state index in [-0.39, 0.29) is 7.92 Å². The van der Waals surface area contributed by atoms with Crippen molar-refractivity contribution in [2.45, 2.75) is 13.3 Å². The number of aliphatic imine (C=N–C) groups is 1. The SMILES string of the molecule is CC=NCCCP(c1ccccc1)c1ccccc1. The van der Waals surface area contributed by atoms with E-state index in [1.165, 1.54) is 16.8 Å². The van der Waals surface area contributed by atoms with Gasteiger partial charge in [-0.05, 0) is 44.3 Å². The van der Waals surface area contributed by atoms with Gasteiger partial charge in [0.2, 0.25) is 0 Å². The summed E-state index contributed by atoms with van der Waals surface area (Å²) in [6, 6.07) is 21.7. The number of nitrogens with zero attached hydrogens (tertiary/aromatic N) is 1. The van der Waals surface area contributed by atoms with Gasteiger partial charge < -0.3 is 0 Å². The van der Waals surface area contributed by atoms with Crippen LogP contribution in [0.3, 0.4) is 0 Å². The van der Waals surface area contributed by atoms with E-state index in [1.54, 1.807) is 0 Å². The van der Waals surface area contributed by atoms with E-state index in [2.05, 4.69) is 65.7 Å². The zero-order chi connectivity index (χ0) is 13.3. The minimum absolute atomic E-state index is 0.241. The van der Waals surface area contributed by atoms with Crippen molar-refractivity contribution in [3.05, 3.63) is 60.7 Å². The smallest absolute Gasteiger partial charge is 0.0388 e. The van der Waals surface area contributed by atoms with Crippen molar-refractivity contribution < 1.29 is 0 Å². The fourth-order valence-electron chi connectivity index (χ4n) is 2.07. The normalized spacial score (nSPS) is 11.3. The Kier molecular flexibility index (Phi) is 5.78. The van der Waals surface area contributed by atoms with Gasteiger partial charge in [0.15, 0.2) is 0 Å². The highest BCUT2D eigenvalue weighted by molar-refractivity contribution is 7.73. The van der Waals surface area contributed by atoms with Crippen LogP contribution in [0.2, 0.25) is 0 Å². The first kappa shape index (κ1) is 14.0. The molecule has 0 aliphatic carbocycles. The third-order valence-corrected chi connectivity index (χ3v) is 5.59. The van der Waals surface area contributed by atoms with Gasteiger partial charge in [0.1, 0.15) is 0 Å². The molecule has 0 amide bonds. The van der Waals surface area contributed by atoms with Gasteiger partial charge in [-0.2, -0.15) is 0 Å². The molecule has 2 aromatic rings. The van der Waals surface area contributed by atoms with Crippen LogP contribution in [0.5, 0.6) is 0 Å². The van der Waals surface area contributed by atoms with Crippen LogP contribution in [0, 0.1) is 0 Å². The second-order valence-electron chi connectivity index (χ2n) is 4.34. The lowest BCUT2D eigenvalue weighted by atomic mass is 10.4. The molecule has 2 heteroatoms. The van der Waals surface area contributed by atoms with Gasteiger partial charge in [0, 0.05) is 6.54 Å². The Labute approximate surface area is 117 Å². The Morgan fingerprint density at radius 3 is 1.89 bits per heavy atom. The molecule has 0 saturated heterocycles. The Balaban J connectivity index is 2.14. The molecular weight excluding hydrogens is 249 g/mol. The molecule has 19 heavy (non-hydrogen) atoms. The molecule has 0 aliphatic rings. The topological polar surface area (TPSA) is 12.4 Å². The predicted molar refractivity (Wildman–Crippen MR) is 87.6 cm³/mol. The second-order valence-corrected chi connectivity index (χ2v) is 6.68. The maximum absolute atomic E-state index is 4.32. The Bertz CT molecular complexity index is 454. The van der Waals surface area contributed by atoms with Crippen LogP contribution in [-0.4, -0.2) is 18.9 Å². The van der Waals surface area contributed by atoms with Crippen molar-refractivity contribution >= 4 is 24.7 Å². The number of hydrogen-bond donors (Lipinski definition) is 0. The Hall–Kier alpha value is -1.46. The summed E-state index contributed by atoms with van der Waals surface area (Å²) in [5.41, 5.74) is 0. The van der Waals surface area contributed by atoms with Crippen molar-refractivity contribution in [1.82, 2.24) is 0 Å². The van der Waals surface area contributed by atoms with Gasteiger partial charge in [-0.15, -0.1) is 0 Å². The average Bonchev–Trinajstić information content (AvgIpc) is 2.49. The monoisotopic (exact) mass is 269 g/mol. The maximum Gasteiger partial charge on any atom is 0.0388 e. The van der Waals surface area contributed by atoms with Crippen LogP contribution in [0.15, 0.2) is 65.7 Å². The molecule has 0 heterocycles. The molecule has 2 rings (SSSR count). The van der Waals surface area contributed by atoms with E-state index in [1.807, 2.05) is 13.1 Å². The van der Waals surface area contributed by atoms with Gasteiger partial charge in [0.05, 0.1) is 0 Å². The molecule has 0 bridgehead atoms. The molecule has 0 atom stereocenters. The lowest BCUT2D eigenvalue weighted by Crippen LogP contribution is -2.14. The number of rotatable bonds is 6. The molecular formula is C17H20NP. The predicted octanol–water partition coefficient (Wildman–Crippen LogP) is 3.60. The third-order valence-electron chi connectivity index (χ3n) is 2.99. The zero-order valence-electron chi connectivity index (χ0n) is 11.4. The summed E-state index contributed by atoms with van der Waals surface area (Å²) < 4.78 is 0. The first-order chi connectivity index (χ1) is 9.42. The number of hydrogen-bond acceptors (Lipinski definition) is 1. The van der Waals surface area contributed by atoms with Crippen LogP contribution >= 0.6 is 7.92 Å². The summed E-state index contributed by atoms with van der Waals surface area (Å²) >= 11 is 0. The van der Waals surface area contributed by atoms with Gasteiger partial charge in [-0.1, -0.05) is 60.7 Å². The first-order valence-corrected chi connectivity index (χ1v) is 8.26. The molecule has 1 nitrogen and oxygen atoms in total. The Morgan fingerprint density at radius 2 is 1.42 bits per heavy atom. The summed E-state index contributed by atoms with van der Waals surface area (Å²) in [7, 11) is -0.241. The maximum atomic E-state index is 4.32. The van der Waals surface area contributed by atoms with Crippen molar-refractivity contribution in [2.24, 2.45) is 4.99 Å². The molecule has 0 radical (unpaired) electrons. The fourth-order valence-corrected chi connectivity index (χ4v) is 4.41. The van der Waals surface area contributed by atoms with Crippen molar-refractivity contribution in [1.29, 1.82) is 0 Å². The highest BCUT2D eigenvalue weighted by Crippen LogP contribution is 2.33. The molecule has 0 saturated carbocycles. The van der Waals surface area contributed by atoms with E-state index in [4.69, 9.17) is 0 Å². The molecule has 0 N–H and O–H groups in total. The average molecular weight is 269 g/mol. The lowest BCUT2D eigenvalue weighted by Gasteiger charge is -2.18. The highest BCUT2D eigenvalue weighted by Gasteiger charge is 2.12. The molecule has 98 valence electrons. The Morgan fingerprint density at radius 1 is 0.895 bits per heavy atom. The lowest BCUT2D eigenvalue weighted by molar-refractivity contribution is 0.944. The molecule has 0 unspecified atom stereocenters. The van der Waals surface area contributed by atoms with Crippen LogP contribution in [0.4, 0.5) is 0 Å². The van der Waals surface area contributed by atoms with Gasteiger partial charge >= 0.3 is 0 Å². The van der Waals surface area contributed by atoms with Crippen molar-refractivity contribution in [3.63, 3.8) is 0 Å². The molecule has 2 aromatic carbocycles. The summed E-state index contributed by atoms with van der Waals surface area (Å²) in [5.74, 6) is 0. The molecule has 0 fully saturated rings. The standard InChI is InChI=1S/C17H20NP/c1-2-18-14-9-15-19(16-10-5-3-6-11-16)17-12-7-4-8-13-17/h2-8,10-13H,9,14-15H2,1H3. The van der Waals surface area contributed by atoms with Gasteiger partial charge in [-0.25, -0.2) is 0 Å². The minimum atomic E-state index is -0.241. The van der Waals surface area contributed by atoms with Crippen LogP contribution in [0.1, 0.15) is 13.3 Å².